The fourth-order valence-electron chi connectivity index (χ4n) is 1.77. The number of aromatic nitrogens is 1. The van der Waals surface area contributed by atoms with Crippen LogP contribution < -0.4 is 0 Å². The quantitative estimate of drug-likeness (QED) is 0.720. The van der Waals surface area contributed by atoms with Crippen molar-refractivity contribution in [2.75, 3.05) is 0 Å². The summed E-state index contributed by atoms with van der Waals surface area (Å²) in [5.41, 5.74) is 3.87. The van der Waals surface area contributed by atoms with Crippen LogP contribution in [-0.4, -0.2) is 10.7 Å². The van der Waals surface area contributed by atoms with Gasteiger partial charge in [-0.15, -0.1) is 0 Å². The van der Waals surface area contributed by atoms with Crippen molar-refractivity contribution < 1.29 is 0 Å². The maximum atomic E-state index is 4.56. The summed E-state index contributed by atoms with van der Waals surface area (Å²) >= 11 is 0. The van der Waals surface area contributed by atoms with Crippen molar-refractivity contribution >= 4 is 11.5 Å². The lowest BCUT2D eigenvalue weighted by Gasteiger charge is -2.06. The van der Waals surface area contributed by atoms with Crippen molar-refractivity contribution in [2.24, 2.45) is 10.9 Å². The predicted molar refractivity (Wildman–Crippen MR) is 64.0 cm³/mol. The number of nitrogens with zero attached hydrogens (tertiary/aromatic N) is 2. The van der Waals surface area contributed by atoms with Crippen LogP contribution in [0.2, 0.25) is 0 Å². The SMILES string of the molecule is CC(C)C1=Nc2ncc(C(C)C)cc2C1. The first-order valence-electron chi connectivity index (χ1n) is 5.64. The molecule has 0 aromatic carbocycles. The molecule has 0 saturated carbocycles. The number of aliphatic imine (C=N–C) groups is 1. The molecule has 0 amide bonds. The Kier molecular flexibility index (Phi) is 2.59. The summed E-state index contributed by atoms with van der Waals surface area (Å²) in [6.45, 7) is 8.77. The Morgan fingerprint density at radius 3 is 2.47 bits per heavy atom. The molecule has 0 aliphatic carbocycles. The van der Waals surface area contributed by atoms with Gasteiger partial charge in [-0.05, 0) is 23.5 Å². The molecule has 0 saturated heterocycles. The van der Waals surface area contributed by atoms with Crippen LogP contribution >= 0.6 is 0 Å². The summed E-state index contributed by atoms with van der Waals surface area (Å²) in [5, 5.41) is 0. The van der Waals surface area contributed by atoms with Gasteiger partial charge >= 0.3 is 0 Å². The van der Waals surface area contributed by atoms with Gasteiger partial charge in [-0.25, -0.2) is 9.98 Å². The van der Waals surface area contributed by atoms with Gasteiger partial charge in [-0.1, -0.05) is 27.7 Å². The van der Waals surface area contributed by atoms with Crippen molar-refractivity contribution in [1.29, 1.82) is 0 Å². The van der Waals surface area contributed by atoms with E-state index in [9.17, 15) is 0 Å². The third-order valence-electron chi connectivity index (χ3n) is 2.92. The summed E-state index contributed by atoms with van der Waals surface area (Å²) in [6, 6.07) is 2.26. The van der Waals surface area contributed by atoms with Gasteiger partial charge in [-0.3, -0.25) is 0 Å². The molecule has 0 radical (unpaired) electrons. The summed E-state index contributed by atoms with van der Waals surface area (Å²) in [5.74, 6) is 2.01. The lowest BCUT2D eigenvalue weighted by Crippen LogP contribution is -2.06. The van der Waals surface area contributed by atoms with Gasteiger partial charge in [0.05, 0.1) is 0 Å². The van der Waals surface area contributed by atoms with Crippen LogP contribution in [0, 0.1) is 5.92 Å². The largest absolute Gasteiger partial charge is 0.237 e. The third-order valence-corrected chi connectivity index (χ3v) is 2.92. The van der Waals surface area contributed by atoms with Crippen LogP contribution in [0.3, 0.4) is 0 Å². The first kappa shape index (κ1) is 10.3. The summed E-state index contributed by atoms with van der Waals surface area (Å²) in [4.78, 5) is 8.98. The Bertz CT molecular complexity index is 403. The summed E-state index contributed by atoms with van der Waals surface area (Å²) < 4.78 is 0. The molecule has 0 bridgehead atoms. The summed E-state index contributed by atoms with van der Waals surface area (Å²) in [6.07, 6.45) is 2.94. The molecule has 1 aromatic heterocycles. The second-order valence-electron chi connectivity index (χ2n) is 4.84. The topological polar surface area (TPSA) is 25.2 Å². The Labute approximate surface area is 91.5 Å². The molecule has 1 aliphatic rings. The van der Waals surface area contributed by atoms with Crippen molar-refractivity contribution in [2.45, 2.75) is 40.0 Å². The van der Waals surface area contributed by atoms with Gasteiger partial charge in [0.15, 0.2) is 5.82 Å². The molecule has 1 aliphatic heterocycles. The van der Waals surface area contributed by atoms with Crippen molar-refractivity contribution in [3.63, 3.8) is 0 Å². The second kappa shape index (κ2) is 3.76. The fourth-order valence-corrected chi connectivity index (χ4v) is 1.77. The fraction of sp³-hybridized carbons (Fsp3) is 0.538. The molecule has 2 heteroatoms. The maximum absolute atomic E-state index is 4.56. The standard InChI is InChI=1S/C13H18N2/c1-8(2)11-5-10-6-12(9(3)4)15-13(10)14-7-11/h5,7-9H,6H2,1-4H3. The minimum absolute atomic E-state index is 0.529. The van der Waals surface area contributed by atoms with E-state index in [1.54, 1.807) is 0 Å². The highest BCUT2D eigenvalue weighted by atomic mass is 14.9. The molecule has 80 valence electrons. The van der Waals surface area contributed by atoms with E-state index in [0.717, 1.165) is 12.2 Å². The number of pyridine rings is 1. The van der Waals surface area contributed by atoms with E-state index in [1.807, 2.05) is 6.20 Å². The second-order valence-corrected chi connectivity index (χ2v) is 4.84. The molecule has 0 N–H and O–H groups in total. The molecule has 2 nitrogen and oxygen atoms in total. The minimum atomic E-state index is 0.529. The van der Waals surface area contributed by atoms with Crippen molar-refractivity contribution in [3.8, 4) is 0 Å². The van der Waals surface area contributed by atoms with E-state index in [-0.39, 0.29) is 0 Å². The average Bonchev–Trinajstić information content (AvgIpc) is 2.59. The van der Waals surface area contributed by atoms with E-state index in [1.165, 1.54) is 16.8 Å². The van der Waals surface area contributed by atoms with E-state index in [4.69, 9.17) is 0 Å². The molecule has 0 fully saturated rings. The molecule has 0 atom stereocenters. The highest BCUT2D eigenvalue weighted by Crippen LogP contribution is 2.28. The highest BCUT2D eigenvalue weighted by molar-refractivity contribution is 5.94. The highest BCUT2D eigenvalue weighted by Gasteiger charge is 2.18. The molecule has 0 unspecified atom stereocenters. The van der Waals surface area contributed by atoms with Crippen LogP contribution in [0.15, 0.2) is 17.3 Å². The van der Waals surface area contributed by atoms with E-state index < -0.39 is 0 Å². The van der Waals surface area contributed by atoms with E-state index in [0.29, 0.717) is 11.8 Å². The van der Waals surface area contributed by atoms with Gasteiger partial charge < -0.3 is 0 Å². The molecule has 2 heterocycles. The van der Waals surface area contributed by atoms with Crippen LogP contribution in [0.5, 0.6) is 0 Å². The zero-order valence-electron chi connectivity index (χ0n) is 9.91. The Morgan fingerprint density at radius 1 is 1.13 bits per heavy atom. The molecular weight excluding hydrogens is 184 g/mol. The Hall–Kier alpha value is -1.18. The van der Waals surface area contributed by atoms with Crippen LogP contribution in [0.25, 0.3) is 0 Å². The monoisotopic (exact) mass is 202 g/mol. The van der Waals surface area contributed by atoms with E-state index in [2.05, 4.69) is 43.7 Å². The van der Waals surface area contributed by atoms with Gasteiger partial charge in [0.2, 0.25) is 0 Å². The Morgan fingerprint density at radius 2 is 1.87 bits per heavy atom. The van der Waals surface area contributed by atoms with Crippen LogP contribution in [0.1, 0.15) is 44.7 Å². The Balaban J connectivity index is 2.31. The number of rotatable bonds is 2. The minimum Gasteiger partial charge on any atom is -0.237 e. The molecule has 1 aromatic rings. The molecular formula is C13H18N2. The van der Waals surface area contributed by atoms with Gasteiger partial charge in [0.25, 0.3) is 0 Å². The molecule has 15 heavy (non-hydrogen) atoms. The third kappa shape index (κ3) is 1.94. The zero-order valence-corrected chi connectivity index (χ0v) is 9.91. The lowest BCUT2D eigenvalue weighted by molar-refractivity contribution is 0.854. The first-order chi connectivity index (χ1) is 7.08. The first-order valence-corrected chi connectivity index (χ1v) is 5.64. The van der Waals surface area contributed by atoms with Crippen molar-refractivity contribution in [3.05, 3.63) is 23.4 Å². The van der Waals surface area contributed by atoms with Gasteiger partial charge in [0.1, 0.15) is 0 Å². The molecule has 0 spiro atoms. The number of fused-ring (bicyclic) bond motifs is 1. The maximum Gasteiger partial charge on any atom is 0.155 e. The lowest BCUT2D eigenvalue weighted by atomic mass is 9.99. The van der Waals surface area contributed by atoms with Gasteiger partial charge in [-0.2, -0.15) is 0 Å². The average molecular weight is 202 g/mol. The van der Waals surface area contributed by atoms with Crippen LogP contribution in [0.4, 0.5) is 5.82 Å². The molecule has 2 rings (SSSR count). The smallest absolute Gasteiger partial charge is 0.155 e. The number of hydrogen-bond acceptors (Lipinski definition) is 2. The van der Waals surface area contributed by atoms with Crippen molar-refractivity contribution in [1.82, 2.24) is 4.98 Å². The van der Waals surface area contributed by atoms with Crippen LogP contribution in [-0.2, 0) is 6.42 Å². The zero-order chi connectivity index (χ0) is 11.0. The van der Waals surface area contributed by atoms with Gasteiger partial charge in [0, 0.05) is 23.9 Å². The normalized spacial score (nSPS) is 14.7. The van der Waals surface area contributed by atoms with E-state index >= 15 is 0 Å². The summed E-state index contributed by atoms with van der Waals surface area (Å²) in [7, 11) is 0. The predicted octanol–water partition coefficient (Wildman–Crippen LogP) is 3.49. The number of hydrogen-bond donors (Lipinski definition) is 0.